The van der Waals surface area contributed by atoms with E-state index in [4.69, 9.17) is 26.0 Å². The maximum Gasteiger partial charge on any atom is 0.130 e. The number of hydrogen-bond acceptors (Lipinski definition) is 5. The second kappa shape index (κ2) is 14.3. The van der Waals surface area contributed by atoms with Gasteiger partial charge in [-0.1, -0.05) is 41.9 Å². The van der Waals surface area contributed by atoms with Crippen LogP contribution in [-0.4, -0.2) is 30.3 Å². The Labute approximate surface area is 158 Å². The van der Waals surface area contributed by atoms with Crippen LogP contribution in [0.15, 0.2) is 54.7 Å². The molecule has 0 atom stereocenters. The van der Waals surface area contributed by atoms with Crippen molar-refractivity contribution < 1.29 is 34.8 Å². The van der Waals surface area contributed by atoms with Crippen LogP contribution in [0.4, 0.5) is 0 Å². The van der Waals surface area contributed by atoms with Gasteiger partial charge in [0.2, 0.25) is 0 Å². The van der Waals surface area contributed by atoms with Gasteiger partial charge in [0.15, 0.2) is 0 Å². The van der Waals surface area contributed by atoms with Gasteiger partial charge in [-0.15, -0.1) is 0 Å². The molecule has 0 unspecified atom stereocenters. The molecule has 0 aliphatic carbocycles. The molecule has 0 saturated heterocycles. The zero-order valence-corrected chi connectivity index (χ0v) is 16.2. The predicted octanol–water partition coefficient (Wildman–Crippen LogP) is 3.39. The number of carbonyl (C=O) groups excluding carboxylic acids is 3. The minimum absolute atomic E-state index is 0. The van der Waals surface area contributed by atoms with Gasteiger partial charge < -0.3 is 14.4 Å². The first-order valence-electron chi connectivity index (χ1n) is 6.18. The summed E-state index contributed by atoms with van der Waals surface area (Å²) in [5.41, 5.74) is 1.67. The van der Waals surface area contributed by atoms with Gasteiger partial charge >= 0.3 is 0 Å². The largest absolute Gasteiger partial charge is 0.307 e. The number of fused-ring (bicyclic) bond motifs is 1. The Morgan fingerprint density at radius 2 is 1.42 bits per heavy atom. The molecule has 0 bridgehead atoms. The van der Waals surface area contributed by atoms with Gasteiger partial charge in [-0.2, -0.15) is 0 Å². The third-order valence-corrected chi connectivity index (χ3v) is 2.81. The Morgan fingerprint density at radius 3 is 2.00 bits per heavy atom. The van der Waals surface area contributed by atoms with Crippen LogP contribution in [0.1, 0.15) is 0 Å². The van der Waals surface area contributed by atoms with Gasteiger partial charge in [0.1, 0.15) is 25.5 Å². The first kappa shape index (κ1) is 24.0. The van der Waals surface area contributed by atoms with E-state index < -0.39 is 0 Å². The molecule has 0 aliphatic heterocycles. The normalized spacial score (nSPS) is 8.04. The molecule has 2 aromatic heterocycles. The molecule has 0 N–H and O–H groups in total. The quantitative estimate of drug-likeness (QED) is 0.463. The van der Waals surface area contributed by atoms with Crippen molar-refractivity contribution in [2.75, 3.05) is 0 Å². The average molecular weight is 517 g/mol. The van der Waals surface area contributed by atoms with E-state index in [1.807, 2.05) is 68.9 Å². The molecule has 0 aliphatic rings. The molecular weight excluding hydrogens is 502 g/mol. The Hall–Kier alpha value is -2.26. The molecule has 125 valence electrons. The van der Waals surface area contributed by atoms with E-state index in [2.05, 4.69) is 9.97 Å². The van der Waals surface area contributed by atoms with E-state index in [1.54, 1.807) is 6.20 Å². The maximum absolute atomic E-state index is 8.00. The monoisotopic (exact) mass is 517 g/mol. The second-order valence-corrected chi connectivity index (χ2v) is 4.12. The van der Waals surface area contributed by atoms with Crippen LogP contribution < -0.4 is 0 Å². The zero-order valence-electron chi connectivity index (χ0n) is 12.7. The third kappa shape index (κ3) is 6.47. The van der Waals surface area contributed by atoms with Crippen LogP contribution in [-0.2, 0) is 34.8 Å². The SMILES string of the molecule is C=O.C=O.C=O.Clc1cc2ccccc2c(-c2ccccn2)n1.[Re]. The molecule has 7 heteroatoms. The molecule has 0 spiro atoms. The summed E-state index contributed by atoms with van der Waals surface area (Å²) in [5.74, 6) is 0. The second-order valence-electron chi connectivity index (χ2n) is 3.73. The molecule has 0 amide bonds. The van der Waals surface area contributed by atoms with Gasteiger partial charge in [-0.3, -0.25) is 4.98 Å². The number of aromatic nitrogens is 2. The Morgan fingerprint density at radius 1 is 0.833 bits per heavy atom. The van der Waals surface area contributed by atoms with Crippen LogP contribution in [0.25, 0.3) is 22.2 Å². The van der Waals surface area contributed by atoms with E-state index in [-0.39, 0.29) is 20.4 Å². The molecule has 1 radical (unpaired) electrons. The summed E-state index contributed by atoms with van der Waals surface area (Å²) in [6.45, 7) is 6.00. The third-order valence-electron chi connectivity index (χ3n) is 2.62. The molecule has 5 nitrogen and oxygen atoms in total. The molecule has 0 saturated carbocycles. The van der Waals surface area contributed by atoms with Gasteiger partial charge in [0, 0.05) is 32.0 Å². The van der Waals surface area contributed by atoms with Crippen molar-refractivity contribution in [1.29, 1.82) is 0 Å². The molecule has 0 fully saturated rings. The van der Waals surface area contributed by atoms with Crippen LogP contribution in [0.2, 0.25) is 5.15 Å². The number of nitrogens with zero attached hydrogens (tertiary/aromatic N) is 2. The zero-order chi connectivity index (χ0) is 17.7. The topological polar surface area (TPSA) is 77.0 Å². The van der Waals surface area contributed by atoms with E-state index in [0.717, 1.165) is 22.2 Å². The van der Waals surface area contributed by atoms with Gasteiger partial charge in [-0.05, 0) is 23.6 Å². The fraction of sp³-hybridized carbons (Fsp3) is 0. The molecule has 3 aromatic rings. The smallest absolute Gasteiger partial charge is 0.130 e. The molecule has 1 aromatic carbocycles. The van der Waals surface area contributed by atoms with Crippen molar-refractivity contribution >= 4 is 42.7 Å². The number of pyridine rings is 2. The van der Waals surface area contributed by atoms with E-state index in [9.17, 15) is 0 Å². The van der Waals surface area contributed by atoms with Crippen molar-refractivity contribution in [1.82, 2.24) is 9.97 Å². The summed E-state index contributed by atoms with van der Waals surface area (Å²) < 4.78 is 0. The van der Waals surface area contributed by atoms with Crippen LogP contribution in [0, 0.1) is 0 Å². The summed E-state index contributed by atoms with van der Waals surface area (Å²) in [6, 6.07) is 15.7. The summed E-state index contributed by atoms with van der Waals surface area (Å²) in [5, 5.41) is 2.63. The van der Waals surface area contributed by atoms with E-state index in [0.29, 0.717) is 5.15 Å². The number of carbonyl (C=O) groups is 3. The van der Waals surface area contributed by atoms with Crippen molar-refractivity contribution in [2.45, 2.75) is 0 Å². The van der Waals surface area contributed by atoms with Gasteiger partial charge in [0.25, 0.3) is 0 Å². The molecule has 3 rings (SSSR count). The number of benzene rings is 1. The molecule has 2 heterocycles. The Kier molecular flexibility index (Phi) is 14.3. The minimum atomic E-state index is 0. The Balaban J connectivity index is 0. The number of hydrogen-bond donors (Lipinski definition) is 0. The van der Waals surface area contributed by atoms with E-state index in [1.165, 1.54) is 0 Å². The average Bonchev–Trinajstić information content (AvgIpc) is 2.66. The van der Waals surface area contributed by atoms with Crippen LogP contribution >= 0.6 is 11.6 Å². The number of rotatable bonds is 1. The minimum Gasteiger partial charge on any atom is -0.307 e. The fourth-order valence-electron chi connectivity index (χ4n) is 1.86. The fourth-order valence-corrected chi connectivity index (χ4v) is 2.07. The summed E-state index contributed by atoms with van der Waals surface area (Å²) in [4.78, 5) is 32.7. The van der Waals surface area contributed by atoms with Crippen LogP contribution in [0.3, 0.4) is 0 Å². The molecule has 24 heavy (non-hydrogen) atoms. The maximum atomic E-state index is 8.00. The van der Waals surface area contributed by atoms with Gasteiger partial charge in [-0.25, -0.2) is 4.98 Å². The molecular formula is C17H15ClN2O3Re. The van der Waals surface area contributed by atoms with Gasteiger partial charge in [0.05, 0.1) is 11.4 Å². The van der Waals surface area contributed by atoms with Crippen molar-refractivity contribution in [3.63, 3.8) is 0 Å². The first-order valence-corrected chi connectivity index (χ1v) is 6.56. The summed E-state index contributed by atoms with van der Waals surface area (Å²) >= 11 is 6.03. The van der Waals surface area contributed by atoms with Crippen molar-refractivity contribution in [3.05, 3.63) is 59.9 Å². The standard InChI is InChI=1S/C14H9ClN2.3CH2O.Re/c15-13-9-10-5-1-2-6-11(10)14(17-13)12-7-3-4-8-16-12;3*1-2;/h1-9H;3*1H2;. The summed E-state index contributed by atoms with van der Waals surface area (Å²) in [6.07, 6.45) is 1.76. The number of halogens is 1. The summed E-state index contributed by atoms with van der Waals surface area (Å²) in [7, 11) is 0. The van der Waals surface area contributed by atoms with Crippen molar-refractivity contribution in [3.8, 4) is 11.4 Å². The van der Waals surface area contributed by atoms with Crippen LogP contribution in [0.5, 0.6) is 0 Å². The Bertz CT molecular complexity index is 725. The van der Waals surface area contributed by atoms with E-state index >= 15 is 0 Å². The van der Waals surface area contributed by atoms with Crippen molar-refractivity contribution in [2.24, 2.45) is 0 Å². The predicted molar refractivity (Wildman–Crippen MR) is 91.3 cm³/mol. The first-order chi connectivity index (χ1) is 11.3.